The SMILES string of the molecule is OC[C@H](N[C@H]1CCCCN[C@@H]1c1ccccc1)c1ccccc1. The molecule has 1 heterocycles. The van der Waals surface area contributed by atoms with Crippen molar-refractivity contribution in [3.05, 3.63) is 71.8 Å². The minimum atomic E-state index is -0.0210. The second-order valence-electron chi connectivity index (χ2n) is 6.26. The molecule has 2 aromatic carbocycles. The minimum absolute atomic E-state index is 0.0210. The van der Waals surface area contributed by atoms with Crippen LogP contribution in [0.1, 0.15) is 42.5 Å². The van der Waals surface area contributed by atoms with Gasteiger partial charge >= 0.3 is 0 Å². The first kappa shape index (κ1) is 16.2. The zero-order valence-corrected chi connectivity index (χ0v) is 13.5. The lowest BCUT2D eigenvalue weighted by Crippen LogP contribution is -2.43. The van der Waals surface area contributed by atoms with Crippen molar-refractivity contribution in [1.29, 1.82) is 0 Å². The van der Waals surface area contributed by atoms with Crippen molar-refractivity contribution >= 4 is 0 Å². The Bertz CT molecular complexity index is 573. The molecule has 3 N–H and O–H groups in total. The second kappa shape index (κ2) is 8.25. The molecule has 0 unspecified atom stereocenters. The van der Waals surface area contributed by atoms with Gasteiger partial charge in [0.1, 0.15) is 0 Å². The monoisotopic (exact) mass is 310 g/mol. The summed E-state index contributed by atoms with van der Waals surface area (Å²) in [6, 6.07) is 21.4. The van der Waals surface area contributed by atoms with Gasteiger partial charge in [-0.1, -0.05) is 67.1 Å². The first-order chi connectivity index (χ1) is 11.4. The predicted octanol–water partition coefficient (Wildman–Crippen LogP) is 3.19. The Kier molecular flexibility index (Phi) is 5.81. The van der Waals surface area contributed by atoms with Crippen LogP contribution in [0.5, 0.6) is 0 Å². The van der Waals surface area contributed by atoms with Gasteiger partial charge in [0.05, 0.1) is 12.6 Å². The number of hydrogen-bond acceptors (Lipinski definition) is 3. The summed E-state index contributed by atoms with van der Waals surface area (Å²) in [7, 11) is 0. The smallest absolute Gasteiger partial charge is 0.0626 e. The van der Waals surface area contributed by atoms with Crippen molar-refractivity contribution in [2.24, 2.45) is 0 Å². The van der Waals surface area contributed by atoms with E-state index in [4.69, 9.17) is 0 Å². The third-order valence-electron chi connectivity index (χ3n) is 4.67. The zero-order valence-electron chi connectivity index (χ0n) is 13.5. The highest BCUT2D eigenvalue weighted by molar-refractivity contribution is 5.23. The largest absolute Gasteiger partial charge is 0.394 e. The number of nitrogens with one attached hydrogen (secondary N) is 2. The molecule has 0 saturated carbocycles. The molecule has 1 fully saturated rings. The first-order valence-electron chi connectivity index (χ1n) is 8.58. The summed E-state index contributed by atoms with van der Waals surface area (Å²) in [5.74, 6) is 0. The van der Waals surface area contributed by atoms with Gasteiger partial charge < -0.3 is 15.7 Å². The van der Waals surface area contributed by atoms with E-state index >= 15 is 0 Å². The highest BCUT2D eigenvalue weighted by Crippen LogP contribution is 2.26. The summed E-state index contributed by atoms with van der Waals surface area (Å²) < 4.78 is 0. The van der Waals surface area contributed by atoms with Gasteiger partial charge in [0.15, 0.2) is 0 Å². The molecule has 3 heteroatoms. The fraction of sp³-hybridized carbons (Fsp3) is 0.400. The molecule has 3 nitrogen and oxygen atoms in total. The van der Waals surface area contributed by atoms with Crippen molar-refractivity contribution in [3.8, 4) is 0 Å². The van der Waals surface area contributed by atoms with Crippen molar-refractivity contribution in [3.63, 3.8) is 0 Å². The van der Waals surface area contributed by atoms with Gasteiger partial charge in [0, 0.05) is 12.1 Å². The molecule has 0 aromatic heterocycles. The van der Waals surface area contributed by atoms with Gasteiger partial charge in [-0.25, -0.2) is 0 Å². The molecule has 0 amide bonds. The van der Waals surface area contributed by atoms with E-state index < -0.39 is 0 Å². The molecule has 3 atom stereocenters. The van der Waals surface area contributed by atoms with Gasteiger partial charge in [-0.05, 0) is 30.5 Å². The Balaban J connectivity index is 1.79. The van der Waals surface area contributed by atoms with Crippen LogP contribution in [0.2, 0.25) is 0 Å². The Hall–Kier alpha value is -1.68. The van der Waals surface area contributed by atoms with Crippen molar-refractivity contribution in [2.45, 2.75) is 37.4 Å². The van der Waals surface area contributed by atoms with Gasteiger partial charge in [-0.15, -0.1) is 0 Å². The van der Waals surface area contributed by atoms with Crippen LogP contribution >= 0.6 is 0 Å². The van der Waals surface area contributed by atoms with Crippen molar-refractivity contribution in [1.82, 2.24) is 10.6 Å². The maximum atomic E-state index is 9.85. The van der Waals surface area contributed by atoms with Crippen LogP contribution in [0, 0.1) is 0 Å². The maximum absolute atomic E-state index is 9.85. The first-order valence-corrected chi connectivity index (χ1v) is 8.58. The summed E-state index contributed by atoms with van der Waals surface area (Å²) in [6.45, 7) is 1.16. The van der Waals surface area contributed by atoms with Crippen LogP contribution < -0.4 is 10.6 Å². The quantitative estimate of drug-likeness (QED) is 0.794. The van der Waals surface area contributed by atoms with E-state index in [0.29, 0.717) is 6.04 Å². The van der Waals surface area contributed by atoms with Crippen LogP contribution in [-0.2, 0) is 0 Å². The molecule has 3 rings (SSSR count). The van der Waals surface area contributed by atoms with E-state index in [0.717, 1.165) is 18.5 Å². The Morgan fingerprint density at radius 1 is 1.00 bits per heavy atom. The molecule has 2 aromatic rings. The van der Waals surface area contributed by atoms with E-state index in [-0.39, 0.29) is 18.7 Å². The normalized spacial score (nSPS) is 23.2. The van der Waals surface area contributed by atoms with E-state index in [2.05, 4.69) is 53.1 Å². The molecule has 23 heavy (non-hydrogen) atoms. The lowest BCUT2D eigenvalue weighted by Gasteiger charge is -2.31. The molecule has 0 bridgehead atoms. The van der Waals surface area contributed by atoms with Crippen molar-refractivity contribution in [2.75, 3.05) is 13.2 Å². The van der Waals surface area contributed by atoms with Gasteiger partial charge in [-0.2, -0.15) is 0 Å². The Morgan fingerprint density at radius 2 is 1.70 bits per heavy atom. The highest BCUT2D eigenvalue weighted by atomic mass is 16.3. The van der Waals surface area contributed by atoms with Gasteiger partial charge in [0.25, 0.3) is 0 Å². The molecule has 1 saturated heterocycles. The summed E-state index contributed by atoms with van der Waals surface area (Å²) in [5.41, 5.74) is 2.46. The van der Waals surface area contributed by atoms with Crippen LogP contribution in [0.3, 0.4) is 0 Å². The van der Waals surface area contributed by atoms with Crippen LogP contribution in [0.4, 0.5) is 0 Å². The number of aliphatic hydroxyl groups is 1. The lowest BCUT2D eigenvalue weighted by atomic mass is 9.95. The number of benzene rings is 2. The third kappa shape index (κ3) is 4.20. The molecule has 0 radical (unpaired) electrons. The Labute approximate surface area is 138 Å². The molecular weight excluding hydrogens is 284 g/mol. The summed E-state index contributed by atoms with van der Waals surface area (Å²) in [5, 5.41) is 17.2. The van der Waals surface area contributed by atoms with Gasteiger partial charge in [0.2, 0.25) is 0 Å². The fourth-order valence-corrected chi connectivity index (χ4v) is 3.44. The standard InChI is InChI=1S/C20H26N2O/c23-15-19(16-9-3-1-4-10-16)22-18-13-7-8-14-21-20(18)17-11-5-2-6-12-17/h1-6,9-12,18-23H,7-8,13-15H2/t18-,19-,20+/m0/s1. The molecule has 0 spiro atoms. The summed E-state index contributed by atoms with van der Waals surface area (Å²) in [4.78, 5) is 0. The number of rotatable bonds is 5. The number of hydrogen-bond donors (Lipinski definition) is 3. The average molecular weight is 310 g/mol. The molecular formula is C20H26N2O. The topological polar surface area (TPSA) is 44.3 Å². The minimum Gasteiger partial charge on any atom is -0.394 e. The van der Waals surface area contributed by atoms with Crippen molar-refractivity contribution < 1.29 is 5.11 Å². The highest BCUT2D eigenvalue weighted by Gasteiger charge is 2.27. The molecule has 0 aliphatic carbocycles. The maximum Gasteiger partial charge on any atom is 0.0626 e. The van der Waals surface area contributed by atoms with E-state index in [9.17, 15) is 5.11 Å². The van der Waals surface area contributed by atoms with Crippen LogP contribution in [-0.4, -0.2) is 24.3 Å². The molecule has 122 valence electrons. The molecule has 1 aliphatic heterocycles. The summed E-state index contributed by atoms with van der Waals surface area (Å²) in [6.07, 6.45) is 3.54. The third-order valence-corrected chi connectivity index (χ3v) is 4.67. The summed E-state index contributed by atoms with van der Waals surface area (Å²) >= 11 is 0. The fourth-order valence-electron chi connectivity index (χ4n) is 3.44. The Morgan fingerprint density at radius 3 is 2.39 bits per heavy atom. The van der Waals surface area contributed by atoms with Crippen LogP contribution in [0.15, 0.2) is 60.7 Å². The average Bonchev–Trinajstić information content (AvgIpc) is 2.86. The molecule has 1 aliphatic rings. The lowest BCUT2D eigenvalue weighted by molar-refractivity contribution is 0.220. The van der Waals surface area contributed by atoms with Crippen LogP contribution in [0.25, 0.3) is 0 Å². The van der Waals surface area contributed by atoms with Gasteiger partial charge in [-0.3, -0.25) is 0 Å². The predicted molar refractivity (Wildman–Crippen MR) is 94.2 cm³/mol. The van der Waals surface area contributed by atoms with E-state index in [1.165, 1.54) is 18.4 Å². The number of aliphatic hydroxyl groups excluding tert-OH is 1. The second-order valence-corrected chi connectivity index (χ2v) is 6.26. The van der Waals surface area contributed by atoms with E-state index in [1.807, 2.05) is 18.2 Å². The zero-order chi connectivity index (χ0) is 15.9. The van der Waals surface area contributed by atoms with E-state index in [1.54, 1.807) is 0 Å².